The zero-order chi connectivity index (χ0) is 13.8. The van der Waals surface area contributed by atoms with Crippen LogP contribution in [0.25, 0.3) is 0 Å². The first-order valence-electron chi connectivity index (χ1n) is 6.75. The highest BCUT2D eigenvalue weighted by Crippen LogP contribution is 2.13. The molecule has 0 amide bonds. The molecule has 18 heavy (non-hydrogen) atoms. The van der Waals surface area contributed by atoms with Crippen molar-refractivity contribution in [1.82, 2.24) is 9.80 Å². The van der Waals surface area contributed by atoms with Crippen molar-refractivity contribution in [1.29, 1.82) is 0 Å². The molecule has 0 spiro atoms. The fraction of sp³-hybridized carbons (Fsp3) is 0.923. The van der Waals surface area contributed by atoms with Gasteiger partial charge in [-0.2, -0.15) is 0 Å². The molecule has 1 atom stereocenters. The maximum Gasteiger partial charge on any atom is 0.320 e. The van der Waals surface area contributed by atoms with Crippen LogP contribution in [0.4, 0.5) is 0 Å². The fourth-order valence-electron chi connectivity index (χ4n) is 2.52. The number of carbonyl (C=O) groups is 1. The van der Waals surface area contributed by atoms with Crippen LogP contribution in [-0.2, 0) is 4.79 Å². The Kier molecular flexibility index (Phi) is 5.56. The molecule has 0 radical (unpaired) electrons. The Labute approximate surface area is 109 Å². The molecule has 1 rings (SSSR count). The van der Waals surface area contributed by atoms with E-state index in [1.54, 1.807) is 13.8 Å². The van der Waals surface area contributed by atoms with E-state index in [0.29, 0.717) is 13.0 Å². The SMILES string of the molecule is CCCC(C(=O)O)N1CCN(CC(C)(C)O)CC1. The van der Waals surface area contributed by atoms with E-state index in [1.807, 2.05) is 11.8 Å². The lowest BCUT2D eigenvalue weighted by Crippen LogP contribution is -2.54. The van der Waals surface area contributed by atoms with Crippen molar-refractivity contribution in [3.8, 4) is 0 Å². The zero-order valence-electron chi connectivity index (χ0n) is 11.7. The molecule has 1 heterocycles. The average molecular weight is 258 g/mol. The molecule has 0 aromatic heterocycles. The highest BCUT2D eigenvalue weighted by Gasteiger charge is 2.29. The molecule has 0 aromatic rings. The predicted molar refractivity (Wildman–Crippen MR) is 70.6 cm³/mol. The van der Waals surface area contributed by atoms with Crippen LogP contribution in [0.3, 0.4) is 0 Å². The molecule has 1 unspecified atom stereocenters. The van der Waals surface area contributed by atoms with Crippen molar-refractivity contribution in [2.75, 3.05) is 32.7 Å². The minimum Gasteiger partial charge on any atom is -0.480 e. The van der Waals surface area contributed by atoms with Crippen molar-refractivity contribution >= 4 is 5.97 Å². The fourth-order valence-corrected chi connectivity index (χ4v) is 2.52. The monoisotopic (exact) mass is 258 g/mol. The van der Waals surface area contributed by atoms with Gasteiger partial charge in [0.1, 0.15) is 6.04 Å². The molecule has 106 valence electrons. The van der Waals surface area contributed by atoms with Crippen LogP contribution in [0.2, 0.25) is 0 Å². The molecule has 0 aliphatic carbocycles. The van der Waals surface area contributed by atoms with Gasteiger partial charge in [-0.05, 0) is 20.3 Å². The third kappa shape index (κ3) is 4.92. The number of β-amino-alcohol motifs (C(OH)–C–C–N with tert-alkyl or cyclic N) is 1. The molecule has 1 aliphatic rings. The smallest absolute Gasteiger partial charge is 0.320 e. The third-order valence-electron chi connectivity index (χ3n) is 3.31. The maximum absolute atomic E-state index is 11.2. The van der Waals surface area contributed by atoms with E-state index in [1.165, 1.54) is 0 Å². The van der Waals surface area contributed by atoms with Gasteiger partial charge in [0.05, 0.1) is 5.60 Å². The summed E-state index contributed by atoms with van der Waals surface area (Å²) < 4.78 is 0. The second-order valence-electron chi connectivity index (χ2n) is 5.77. The van der Waals surface area contributed by atoms with Gasteiger partial charge in [-0.25, -0.2) is 0 Å². The van der Waals surface area contributed by atoms with Gasteiger partial charge in [0.25, 0.3) is 0 Å². The number of aliphatic hydroxyl groups is 1. The zero-order valence-corrected chi connectivity index (χ0v) is 11.7. The Morgan fingerprint density at radius 2 is 1.83 bits per heavy atom. The van der Waals surface area contributed by atoms with Crippen molar-refractivity contribution in [3.63, 3.8) is 0 Å². The van der Waals surface area contributed by atoms with Crippen LogP contribution in [0.5, 0.6) is 0 Å². The minimum atomic E-state index is -0.715. The van der Waals surface area contributed by atoms with E-state index in [9.17, 15) is 15.0 Å². The molecular weight excluding hydrogens is 232 g/mol. The lowest BCUT2D eigenvalue weighted by Gasteiger charge is -2.39. The summed E-state index contributed by atoms with van der Waals surface area (Å²) in [6.45, 7) is 9.47. The summed E-state index contributed by atoms with van der Waals surface area (Å²) in [6, 6.07) is -0.348. The van der Waals surface area contributed by atoms with Gasteiger partial charge in [-0.3, -0.25) is 14.6 Å². The van der Waals surface area contributed by atoms with Crippen LogP contribution in [0.15, 0.2) is 0 Å². The van der Waals surface area contributed by atoms with Crippen LogP contribution < -0.4 is 0 Å². The number of hydrogen-bond donors (Lipinski definition) is 2. The molecule has 5 heteroatoms. The number of aliphatic carboxylic acids is 1. The van der Waals surface area contributed by atoms with Crippen LogP contribution in [0.1, 0.15) is 33.6 Å². The Hall–Kier alpha value is -0.650. The van der Waals surface area contributed by atoms with Gasteiger partial charge in [-0.15, -0.1) is 0 Å². The van der Waals surface area contributed by atoms with E-state index in [-0.39, 0.29) is 6.04 Å². The number of piperazine rings is 1. The van der Waals surface area contributed by atoms with Gasteiger partial charge in [0, 0.05) is 32.7 Å². The van der Waals surface area contributed by atoms with Crippen LogP contribution >= 0.6 is 0 Å². The summed E-state index contributed by atoms with van der Waals surface area (Å²) in [5.41, 5.74) is -0.683. The molecule has 1 aliphatic heterocycles. The first-order valence-corrected chi connectivity index (χ1v) is 6.75. The third-order valence-corrected chi connectivity index (χ3v) is 3.31. The molecule has 1 fully saturated rings. The Morgan fingerprint density at radius 3 is 2.22 bits per heavy atom. The summed E-state index contributed by atoms with van der Waals surface area (Å²) in [7, 11) is 0. The number of carboxylic acid groups (broad SMARTS) is 1. The maximum atomic E-state index is 11.2. The lowest BCUT2D eigenvalue weighted by molar-refractivity contribution is -0.144. The van der Waals surface area contributed by atoms with Gasteiger partial charge in [-0.1, -0.05) is 13.3 Å². The molecular formula is C13H26N2O3. The van der Waals surface area contributed by atoms with E-state index in [0.717, 1.165) is 32.6 Å². The van der Waals surface area contributed by atoms with Crippen molar-refractivity contribution in [2.24, 2.45) is 0 Å². The number of carboxylic acids is 1. The van der Waals surface area contributed by atoms with E-state index >= 15 is 0 Å². The summed E-state index contributed by atoms with van der Waals surface area (Å²) in [5.74, 6) is -0.715. The molecule has 0 bridgehead atoms. The lowest BCUT2D eigenvalue weighted by atomic mass is 10.1. The molecule has 0 saturated carbocycles. The highest BCUT2D eigenvalue weighted by atomic mass is 16.4. The summed E-state index contributed by atoms with van der Waals surface area (Å²) in [6.07, 6.45) is 1.60. The topological polar surface area (TPSA) is 64.0 Å². The largest absolute Gasteiger partial charge is 0.480 e. The first kappa shape index (κ1) is 15.4. The molecule has 2 N–H and O–H groups in total. The molecule has 1 saturated heterocycles. The minimum absolute atomic E-state index is 0.348. The van der Waals surface area contributed by atoms with Crippen molar-refractivity contribution < 1.29 is 15.0 Å². The highest BCUT2D eigenvalue weighted by molar-refractivity contribution is 5.73. The standard InChI is InChI=1S/C13H26N2O3/c1-4-5-11(12(16)17)15-8-6-14(7-9-15)10-13(2,3)18/h11,18H,4-10H2,1-3H3,(H,16,17). The van der Waals surface area contributed by atoms with E-state index in [4.69, 9.17) is 0 Å². The van der Waals surface area contributed by atoms with Crippen molar-refractivity contribution in [2.45, 2.75) is 45.3 Å². The second-order valence-corrected chi connectivity index (χ2v) is 5.77. The summed E-state index contributed by atoms with van der Waals surface area (Å²) >= 11 is 0. The van der Waals surface area contributed by atoms with Crippen LogP contribution in [0, 0.1) is 0 Å². The first-order chi connectivity index (χ1) is 8.33. The Balaban J connectivity index is 2.44. The van der Waals surface area contributed by atoms with Gasteiger partial charge < -0.3 is 10.2 Å². The second kappa shape index (κ2) is 6.50. The number of nitrogens with zero attached hydrogens (tertiary/aromatic N) is 2. The summed E-state index contributed by atoms with van der Waals surface area (Å²) in [5, 5.41) is 19.0. The molecule has 0 aromatic carbocycles. The normalized spacial score (nSPS) is 20.9. The van der Waals surface area contributed by atoms with Gasteiger partial charge >= 0.3 is 5.97 Å². The number of hydrogen-bond acceptors (Lipinski definition) is 4. The Morgan fingerprint density at radius 1 is 1.28 bits per heavy atom. The van der Waals surface area contributed by atoms with Crippen LogP contribution in [-0.4, -0.2) is 70.3 Å². The van der Waals surface area contributed by atoms with Gasteiger partial charge in [0.15, 0.2) is 0 Å². The average Bonchev–Trinajstić information content (AvgIpc) is 2.25. The summed E-state index contributed by atoms with van der Waals surface area (Å²) in [4.78, 5) is 15.4. The molecule has 5 nitrogen and oxygen atoms in total. The van der Waals surface area contributed by atoms with E-state index < -0.39 is 11.6 Å². The van der Waals surface area contributed by atoms with Gasteiger partial charge in [0.2, 0.25) is 0 Å². The quantitative estimate of drug-likeness (QED) is 0.731. The van der Waals surface area contributed by atoms with Crippen molar-refractivity contribution in [3.05, 3.63) is 0 Å². The number of rotatable bonds is 6. The Bertz CT molecular complexity index is 268. The predicted octanol–water partition coefficient (Wildman–Crippen LogP) is 0.628. The van der Waals surface area contributed by atoms with E-state index in [2.05, 4.69) is 4.90 Å².